The summed E-state index contributed by atoms with van der Waals surface area (Å²) in [4.78, 5) is 22.0. The maximum atomic E-state index is 12.0. The zero-order chi connectivity index (χ0) is 16.8. The second-order valence-electron chi connectivity index (χ2n) is 4.40. The van der Waals surface area contributed by atoms with Crippen molar-refractivity contribution in [2.24, 2.45) is 5.10 Å². The smallest absolute Gasteiger partial charge is 0.271 e. The third kappa shape index (κ3) is 4.49. The lowest BCUT2D eigenvalue weighted by molar-refractivity contribution is -0.384. The molecule has 0 saturated carbocycles. The highest BCUT2D eigenvalue weighted by atomic mass is 127. The number of hydrogen-bond donors (Lipinski definition) is 1. The number of benzene rings is 2. The van der Waals surface area contributed by atoms with E-state index in [4.69, 9.17) is 4.74 Å². The number of amides is 1. The Bertz CT molecular complexity index is 760. The van der Waals surface area contributed by atoms with E-state index in [1.807, 2.05) is 0 Å². The molecular formula is C15H12IN3O4. The molecule has 1 N–H and O–H groups in total. The van der Waals surface area contributed by atoms with Gasteiger partial charge in [-0.25, -0.2) is 5.43 Å². The van der Waals surface area contributed by atoms with Crippen LogP contribution in [-0.4, -0.2) is 24.2 Å². The number of methoxy groups -OCH3 is 1. The molecule has 0 aromatic heterocycles. The average molecular weight is 425 g/mol. The highest BCUT2D eigenvalue weighted by molar-refractivity contribution is 14.1. The lowest BCUT2D eigenvalue weighted by atomic mass is 10.2. The summed E-state index contributed by atoms with van der Waals surface area (Å²) in [6.07, 6.45) is 1.41. The summed E-state index contributed by atoms with van der Waals surface area (Å²) in [7, 11) is 1.56. The number of hydrazone groups is 1. The number of nitro benzene ring substituents is 1. The van der Waals surface area contributed by atoms with Gasteiger partial charge < -0.3 is 4.74 Å². The number of halogens is 1. The van der Waals surface area contributed by atoms with Crippen molar-refractivity contribution in [1.82, 2.24) is 5.43 Å². The number of carbonyl (C=O) groups excluding carboxylic acids is 1. The molecule has 0 aliphatic carbocycles. The van der Waals surface area contributed by atoms with Gasteiger partial charge in [0.05, 0.1) is 21.8 Å². The zero-order valence-electron chi connectivity index (χ0n) is 12.0. The molecule has 0 heterocycles. The second kappa shape index (κ2) is 7.68. The van der Waals surface area contributed by atoms with Crippen LogP contribution in [0.25, 0.3) is 0 Å². The second-order valence-corrected chi connectivity index (χ2v) is 5.56. The quantitative estimate of drug-likeness (QED) is 0.345. The Morgan fingerprint density at radius 2 is 2.00 bits per heavy atom. The first-order valence-corrected chi connectivity index (χ1v) is 7.50. The zero-order valence-corrected chi connectivity index (χ0v) is 14.2. The average Bonchev–Trinajstić information content (AvgIpc) is 2.55. The SMILES string of the molecule is COc1ccc(C(=O)N/N=C\c2ccc([N+](=O)[O-])cc2)cc1I. The maximum Gasteiger partial charge on any atom is 0.271 e. The molecule has 0 aliphatic rings. The summed E-state index contributed by atoms with van der Waals surface area (Å²) in [6, 6.07) is 10.9. The molecule has 8 heteroatoms. The molecule has 2 rings (SSSR count). The summed E-state index contributed by atoms with van der Waals surface area (Å²) in [6.45, 7) is 0. The van der Waals surface area contributed by atoms with Crippen molar-refractivity contribution in [3.8, 4) is 5.75 Å². The van der Waals surface area contributed by atoms with Crippen LogP contribution in [0, 0.1) is 13.7 Å². The summed E-state index contributed by atoms with van der Waals surface area (Å²) in [5.41, 5.74) is 3.49. The molecule has 0 saturated heterocycles. The molecule has 7 nitrogen and oxygen atoms in total. The van der Waals surface area contributed by atoms with E-state index in [0.717, 1.165) is 3.57 Å². The third-order valence-corrected chi connectivity index (χ3v) is 3.74. The van der Waals surface area contributed by atoms with Crippen molar-refractivity contribution in [3.63, 3.8) is 0 Å². The predicted octanol–water partition coefficient (Wildman–Crippen LogP) is 2.97. The fourth-order valence-electron chi connectivity index (χ4n) is 1.72. The van der Waals surface area contributed by atoms with E-state index >= 15 is 0 Å². The van der Waals surface area contributed by atoms with Gasteiger partial charge in [0.25, 0.3) is 11.6 Å². The Morgan fingerprint density at radius 1 is 1.30 bits per heavy atom. The van der Waals surface area contributed by atoms with E-state index < -0.39 is 4.92 Å². The molecule has 0 atom stereocenters. The lowest BCUT2D eigenvalue weighted by Crippen LogP contribution is -2.17. The molecule has 2 aromatic carbocycles. The van der Waals surface area contributed by atoms with Gasteiger partial charge in [-0.2, -0.15) is 5.10 Å². The van der Waals surface area contributed by atoms with Crippen molar-refractivity contribution in [1.29, 1.82) is 0 Å². The van der Waals surface area contributed by atoms with Crippen LogP contribution in [0.3, 0.4) is 0 Å². The van der Waals surface area contributed by atoms with Gasteiger partial charge >= 0.3 is 0 Å². The molecule has 0 bridgehead atoms. The number of nitrogens with one attached hydrogen (secondary N) is 1. The van der Waals surface area contributed by atoms with Crippen molar-refractivity contribution >= 4 is 40.4 Å². The minimum Gasteiger partial charge on any atom is -0.496 e. The Balaban J connectivity index is 2.00. The van der Waals surface area contributed by atoms with E-state index in [0.29, 0.717) is 16.9 Å². The van der Waals surface area contributed by atoms with Crippen molar-refractivity contribution in [2.75, 3.05) is 7.11 Å². The molecule has 118 valence electrons. The number of ether oxygens (including phenoxy) is 1. The number of nitrogens with zero attached hydrogens (tertiary/aromatic N) is 2. The van der Waals surface area contributed by atoms with Crippen molar-refractivity contribution in [3.05, 3.63) is 67.3 Å². The van der Waals surface area contributed by atoms with Crippen molar-refractivity contribution in [2.45, 2.75) is 0 Å². The summed E-state index contributed by atoms with van der Waals surface area (Å²) < 4.78 is 5.95. The lowest BCUT2D eigenvalue weighted by Gasteiger charge is -2.05. The largest absolute Gasteiger partial charge is 0.496 e. The first kappa shape index (κ1) is 16.9. The molecule has 0 spiro atoms. The van der Waals surface area contributed by atoms with Crippen LogP contribution in [0.1, 0.15) is 15.9 Å². The van der Waals surface area contributed by atoms with Crippen LogP contribution in [0.4, 0.5) is 5.69 Å². The van der Waals surface area contributed by atoms with Crippen LogP contribution < -0.4 is 10.2 Å². The molecule has 0 unspecified atom stereocenters. The van der Waals surface area contributed by atoms with Crippen LogP contribution in [0.5, 0.6) is 5.75 Å². The van der Waals surface area contributed by atoms with Crippen LogP contribution in [-0.2, 0) is 0 Å². The number of hydrogen-bond acceptors (Lipinski definition) is 5. The summed E-state index contributed by atoms with van der Waals surface area (Å²) in [5, 5.41) is 14.4. The van der Waals surface area contributed by atoms with E-state index in [9.17, 15) is 14.9 Å². The number of rotatable bonds is 5. The normalized spacial score (nSPS) is 10.5. The molecule has 23 heavy (non-hydrogen) atoms. The molecule has 0 radical (unpaired) electrons. The molecular weight excluding hydrogens is 413 g/mol. The minimum absolute atomic E-state index is 0.000932. The van der Waals surface area contributed by atoms with Gasteiger partial charge in [0.2, 0.25) is 0 Å². The van der Waals surface area contributed by atoms with Gasteiger partial charge in [0, 0.05) is 17.7 Å². The Hall–Kier alpha value is -2.49. The fourth-order valence-corrected chi connectivity index (χ4v) is 2.46. The predicted molar refractivity (Wildman–Crippen MR) is 93.9 cm³/mol. The van der Waals surface area contributed by atoms with Gasteiger partial charge in [-0.15, -0.1) is 0 Å². The summed E-state index contributed by atoms with van der Waals surface area (Å²) >= 11 is 2.08. The van der Waals surface area contributed by atoms with E-state index in [-0.39, 0.29) is 11.6 Å². The van der Waals surface area contributed by atoms with Gasteiger partial charge in [-0.05, 0) is 58.5 Å². The fraction of sp³-hybridized carbons (Fsp3) is 0.0667. The van der Waals surface area contributed by atoms with Gasteiger partial charge in [-0.3, -0.25) is 14.9 Å². The number of nitro groups is 1. The monoisotopic (exact) mass is 425 g/mol. The van der Waals surface area contributed by atoms with Gasteiger partial charge in [0.1, 0.15) is 5.75 Å². The Kier molecular flexibility index (Phi) is 5.63. The van der Waals surface area contributed by atoms with Gasteiger partial charge in [0.15, 0.2) is 0 Å². The standard InChI is InChI=1S/C15H12IN3O4/c1-23-14-7-4-11(8-13(14)16)15(20)18-17-9-10-2-5-12(6-3-10)19(21)22/h2-9H,1H3,(H,18,20)/b17-9-. The third-order valence-electron chi connectivity index (χ3n) is 2.90. The molecule has 0 fully saturated rings. The first-order chi connectivity index (χ1) is 11.0. The van der Waals surface area contributed by atoms with E-state index in [1.54, 1.807) is 37.4 Å². The van der Waals surface area contributed by atoms with Gasteiger partial charge in [-0.1, -0.05) is 0 Å². The molecule has 0 aliphatic heterocycles. The van der Waals surface area contributed by atoms with Crippen LogP contribution in [0.2, 0.25) is 0 Å². The number of carbonyl (C=O) groups is 1. The van der Waals surface area contributed by atoms with Crippen molar-refractivity contribution < 1.29 is 14.5 Å². The number of non-ortho nitro benzene ring substituents is 1. The van der Waals surface area contributed by atoms with E-state index in [1.165, 1.54) is 18.3 Å². The highest BCUT2D eigenvalue weighted by Gasteiger charge is 2.08. The maximum absolute atomic E-state index is 12.0. The Labute approximate surface area is 145 Å². The minimum atomic E-state index is -0.478. The van der Waals surface area contributed by atoms with E-state index in [2.05, 4.69) is 33.1 Å². The molecule has 2 aromatic rings. The Morgan fingerprint density at radius 3 is 2.57 bits per heavy atom. The highest BCUT2D eigenvalue weighted by Crippen LogP contribution is 2.21. The van der Waals surface area contributed by atoms with Crippen LogP contribution >= 0.6 is 22.6 Å². The first-order valence-electron chi connectivity index (χ1n) is 6.42. The topological polar surface area (TPSA) is 93.8 Å². The van der Waals surface area contributed by atoms with Crippen LogP contribution in [0.15, 0.2) is 47.6 Å². The molecule has 1 amide bonds. The summed E-state index contributed by atoms with van der Waals surface area (Å²) in [5.74, 6) is 0.334.